The summed E-state index contributed by atoms with van der Waals surface area (Å²) in [6.07, 6.45) is 2.74. The molecule has 1 aromatic carbocycles. The third-order valence-electron chi connectivity index (χ3n) is 8.15. The number of rotatable bonds is 3. The number of anilines is 1. The van der Waals surface area contributed by atoms with Crippen molar-refractivity contribution in [2.24, 2.45) is 10.8 Å². The minimum atomic E-state index is -0.323. The lowest BCUT2D eigenvalue weighted by molar-refractivity contribution is -0.140. The molecule has 0 N–H and O–H groups in total. The first-order chi connectivity index (χ1) is 17.6. The molecular weight excluding hydrogens is 464 g/mol. The molecule has 37 heavy (non-hydrogen) atoms. The third-order valence-corrected chi connectivity index (χ3v) is 8.15. The van der Waals surface area contributed by atoms with E-state index in [0.717, 1.165) is 61.1 Å². The molecule has 3 aliphatic heterocycles. The highest BCUT2D eigenvalue weighted by Gasteiger charge is 2.48. The van der Waals surface area contributed by atoms with Crippen molar-refractivity contribution < 1.29 is 9.59 Å². The smallest absolute Gasteiger partial charge is 0.237 e. The van der Waals surface area contributed by atoms with E-state index in [-0.39, 0.29) is 22.6 Å². The summed E-state index contributed by atoms with van der Waals surface area (Å²) in [6, 6.07) is 10.2. The highest BCUT2D eigenvalue weighted by molar-refractivity contribution is 5.93. The van der Waals surface area contributed by atoms with Crippen molar-refractivity contribution in [3.8, 4) is 6.07 Å². The summed E-state index contributed by atoms with van der Waals surface area (Å²) in [5, 5.41) is 11.7. The largest absolute Gasteiger partial charge is 0.354 e. The zero-order valence-corrected chi connectivity index (χ0v) is 22.6. The van der Waals surface area contributed by atoms with Crippen LogP contribution in [0, 0.1) is 22.2 Å². The highest BCUT2D eigenvalue weighted by atomic mass is 16.2. The van der Waals surface area contributed by atoms with E-state index >= 15 is 0 Å². The van der Waals surface area contributed by atoms with Crippen LogP contribution in [0.2, 0.25) is 0 Å². The summed E-state index contributed by atoms with van der Waals surface area (Å²) in [4.78, 5) is 39.7. The Hall–Kier alpha value is -3.18. The van der Waals surface area contributed by atoms with Crippen LogP contribution >= 0.6 is 0 Å². The summed E-state index contributed by atoms with van der Waals surface area (Å²) in [5.41, 5.74) is 1.14. The van der Waals surface area contributed by atoms with Crippen LogP contribution in [0.15, 0.2) is 24.3 Å². The van der Waals surface area contributed by atoms with Crippen molar-refractivity contribution >= 4 is 28.4 Å². The van der Waals surface area contributed by atoms with Crippen LogP contribution in [0.5, 0.6) is 0 Å². The number of carbonyl (C=O) groups excluding carboxylic acids is 2. The summed E-state index contributed by atoms with van der Waals surface area (Å²) < 4.78 is 0. The Morgan fingerprint density at radius 2 is 1.86 bits per heavy atom. The topological polar surface area (TPSA) is 83.8 Å². The van der Waals surface area contributed by atoms with E-state index in [1.54, 1.807) is 0 Å². The maximum atomic E-state index is 13.7. The molecule has 8 nitrogen and oxygen atoms in total. The molecular formula is C29H38N6O2. The van der Waals surface area contributed by atoms with Crippen LogP contribution < -0.4 is 4.90 Å². The Morgan fingerprint density at radius 3 is 2.54 bits per heavy atom. The van der Waals surface area contributed by atoms with E-state index in [4.69, 9.17) is 4.98 Å². The van der Waals surface area contributed by atoms with Crippen LogP contribution in [0.4, 0.5) is 5.82 Å². The number of hydrogen-bond acceptors (Lipinski definition) is 6. The molecule has 1 unspecified atom stereocenters. The van der Waals surface area contributed by atoms with E-state index < -0.39 is 0 Å². The zero-order chi connectivity index (χ0) is 26.4. The summed E-state index contributed by atoms with van der Waals surface area (Å²) >= 11 is 0. The first kappa shape index (κ1) is 25.5. The lowest BCUT2D eigenvalue weighted by Gasteiger charge is -2.39. The molecule has 1 spiro atoms. The Labute approximate surface area is 219 Å². The minimum Gasteiger partial charge on any atom is -0.354 e. The molecule has 1 atom stereocenters. The lowest BCUT2D eigenvalue weighted by atomic mass is 9.78. The number of hydrogen-bond donors (Lipinski definition) is 0. The fraction of sp³-hybridized carbons (Fsp3) is 0.586. The quantitative estimate of drug-likeness (QED) is 0.641. The van der Waals surface area contributed by atoms with Crippen LogP contribution in [-0.2, 0) is 16.1 Å². The summed E-state index contributed by atoms with van der Waals surface area (Å²) in [6.45, 7) is 11.7. The van der Waals surface area contributed by atoms with Gasteiger partial charge in [0.1, 0.15) is 11.9 Å². The van der Waals surface area contributed by atoms with Crippen LogP contribution in [-0.4, -0.2) is 84.4 Å². The Bertz CT molecular complexity index is 1260. The van der Waals surface area contributed by atoms with Gasteiger partial charge in [-0.2, -0.15) is 5.26 Å². The maximum Gasteiger partial charge on any atom is 0.237 e. The fourth-order valence-corrected chi connectivity index (χ4v) is 6.39. The van der Waals surface area contributed by atoms with E-state index in [0.29, 0.717) is 38.4 Å². The standard InChI is InChI=1S/C29H38N6O2/c1-28(2,3)19-35-15-14-34(17-23-21-8-5-6-9-22(21)24(16-30)31-26(23)35)25(36)18-33-12-7-10-29(20-33)11-13-32(4)27(29)37/h5-6,8-9H,7,10-15,17-20H2,1-4H3. The number of amides is 2. The number of nitriles is 1. The van der Waals surface area contributed by atoms with Gasteiger partial charge in [-0.25, -0.2) is 4.98 Å². The van der Waals surface area contributed by atoms with Gasteiger partial charge in [-0.1, -0.05) is 45.0 Å². The molecule has 8 heteroatoms. The Balaban J connectivity index is 1.43. The van der Waals surface area contributed by atoms with Gasteiger partial charge in [-0.3, -0.25) is 14.5 Å². The number of benzene rings is 1. The molecule has 0 aliphatic carbocycles. The SMILES string of the molecule is CN1CCC2(CCCN(CC(=O)N3CCN(CC(C)(C)C)c4nc(C#N)c5ccccc5c4C3)C2)C1=O. The number of nitrogens with zero attached hydrogens (tertiary/aromatic N) is 6. The van der Waals surface area contributed by atoms with Gasteiger partial charge in [-0.15, -0.1) is 0 Å². The van der Waals surface area contributed by atoms with E-state index in [1.807, 2.05) is 41.1 Å². The number of pyridine rings is 1. The minimum absolute atomic E-state index is 0.0275. The maximum absolute atomic E-state index is 13.7. The molecule has 5 rings (SSSR count). The third kappa shape index (κ3) is 4.89. The fourth-order valence-electron chi connectivity index (χ4n) is 6.39. The van der Waals surface area contributed by atoms with E-state index in [9.17, 15) is 14.9 Å². The number of carbonyl (C=O) groups is 2. The highest BCUT2D eigenvalue weighted by Crippen LogP contribution is 2.40. The normalized spacial score (nSPS) is 22.9. The molecule has 2 aromatic rings. The van der Waals surface area contributed by atoms with E-state index in [2.05, 4.69) is 36.6 Å². The van der Waals surface area contributed by atoms with Gasteiger partial charge in [0.2, 0.25) is 11.8 Å². The van der Waals surface area contributed by atoms with Gasteiger partial charge in [0.15, 0.2) is 5.69 Å². The summed E-state index contributed by atoms with van der Waals surface area (Å²) in [7, 11) is 1.88. The zero-order valence-electron chi connectivity index (χ0n) is 22.6. The van der Waals surface area contributed by atoms with Crippen LogP contribution in [0.3, 0.4) is 0 Å². The molecule has 2 amide bonds. The molecule has 2 fully saturated rings. The molecule has 0 saturated carbocycles. The second kappa shape index (κ2) is 9.60. The number of likely N-dealkylation sites (tertiary alicyclic amines) is 2. The monoisotopic (exact) mass is 502 g/mol. The second-order valence-corrected chi connectivity index (χ2v) is 12.3. The molecule has 196 valence electrons. The van der Waals surface area contributed by atoms with Crippen molar-refractivity contribution in [2.75, 3.05) is 57.8 Å². The van der Waals surface area contributed by atoms with Gasteiger partial charge < -0.3 is 14.7 Å². The number of piperidine rings is 1. The van der Waals surface area contributed by atoms with Crippen LogP contribution in [0.25, 0.3) is 10.8 Å². The number of aromatic nitrogens is 1. The molecule has 0 bridgehead atoms. The molecule has 3 aliphatic rings. The van der Waals surface area contributed by atoms with Gasteiger partial charge in [0.05, 0.1) is 18.5 Å². The molecule has 1 aromatic heterocycles. The first-order valence-corrected chi connectivity index (χ1v) is 13.4. The molecule has 2 saturated heterocycles. The molecule has 0 radical (unpaired) electrons. The van der Waals surface area contributed by atoms with Crippen molar-refractivity contribution in [1.29, 1.82) is 5.26 Å². The lowest BCUT2D eigenvalue weighted by Crippen LogP contribution is -2.51. The predicted octanol–water partition coefficient (Wildman–Crippen LogP) is 3.25. The van der Waals surface area contributed by atoms with Gasteiger partial charge in [-0.05, 0) is 36.6 Å². The van der Waals surface area contributed by atoms with Gasteiger partial charge in [0.25, 0.3) is 0 Å². The summed E-state index contributed by atoms with van der Waals surface area (Å²) in [5.74, 6) is 1.14. The predicted molar refractivity (Wildman–Crippen MR) is 144 cm³/mol. The average Bonchev–Trinajstić information content (AvgIpc) is 3.02. The van der Waals surface area contributed by atoms with Gasteiger partial charge in [0, 0.05) is 50.7 Å². The van der Waals surface area contributed by atoms with Crippen molar-refractivity contribution in [3.63, 3.8) is 0 Å². The number of fused-ring (bicyclic) bond motifs is 3. The average molecular weight is 503 g/mol. The van der Waals surface area contributed by atoms with Crippen molar-refractivity contribution in [1.82, 2.24) is 19.7 Å². The molecule has 4 heterocycles. The van der Waals surface area contributed by atoms with Crippen LogP contribution in [0.1, 0.15) is 51.3 Å². The Kier molecular flexibility index (Phi) is 6.61. The van der Waals surface area contributed by atoms with E-state index in [1.165, 1.54) is 0 Å². The van der Waals surface area contributed by atoms with Crippen molar-refractivity contribution in [2.45, 2.75) is 46.6 Å². The Morgan fingerprint density at radius 1 is 1.11 bits per heavy atom. The second-order valence-electron chi connectivity index (χ2n) is 12.3. The van der Waals surface area contributed by atoms with Gasteiger partial charge >= 0.3 is 0 Å². The van der Waals surface area contributed by atoms with Crippen molar-refractivity contribution in [3.05, 3.63) is 35.5 Å². The first-order valence-electron chi connectivity index (χ1n) is 13.4.